The molecule has 0 fully saturated rings. The molecule has 0 aliphatic rings. The minimum Gasteiger partial charge on any atom is -0.246 e. The molecule has 0 unspecified atom stereocenters. The second-order valence-corrected chi connectivity index (χ2v) is 17.7. The van der Waals surface area contributed by atoms with Crippen LogP contribution in [-0.2, 0) is 10.8 Å². The van der Waals surface area contributed by atoms with Gasteiger partial charge in [0.25, 0.3) is 0 Å². The number of aliphatic imine (C=N–C) groups is 2. The van der Waals surface area contributed by atoms with Crippen molar-refractivity contribution in [3.63, 3.8) is 0 Å². The highest BCUT2D eigenvalue weighted by molar-refractivity contribution is 9.11. The van der Waals surface area contributed by atoms with E-state index in [-0.39, 0.29) is 10.8 Å². The standard InChI is InChI=1S/C50H42Br2N2/c1-49(2,3)35-27-37-41-38(28-35)44(52)48(54-46(33-23-15-9-16-24-33)34-25-17-10-18-26-34)40-30-36(50(4,5)6)29-39(42(40)41)47(43(37)51)53-45(31-19-11-7-12-20-31)32-21-13-8-14-22-32/h7-30H,1-6H3. The van der Waals surface area contributed by atoms with E-state index in [0.717, 1.165) is 75.5 Å². The first kappa shape index (κ1) is 36.1. The van der Waals surface area contributed by atoms with Crippen molar-refractivity contribution in [1.82, 2.24) is 0 Å². The molecular weight excluding hydrogens is 788 g/mol. The van der Waals surface area contributed by atoms with Gasteiger partial charge in [-0.1, -0.05) is 163 Å². The molecule has 0 atom stereocenters. The summed E-state index contributed by atoms with van der Waals surface area (Å²) in [7, 11) is 0. The molecular formula is C50H42Br2N2. The number of hydrogen-bond donors (Lipinski definition) is 0. The molecule has 0 N–H and O–H groups in total. The summed E-state index contributed by atoms with van der Waals surface area (Å²) >= 11 is 8.41. The van der Waals surface area contributed by atoms with E-state index in [1.54, 1.807) is 0 Å². The fraction of sp³-hybridized carbons (Fsp3) is 0.160. The van der Waals surface area contributed by atoms with Crippen molar-refractivity contribution in [3.05, 3.63) is 188 Å². The van der Waals surface area contributed by atoms with Crippen LogP contribution in [0.3, 0.4) is 0 Å². The van der Waals surface area contributed by atoms with Gasteiger partial charge in [0.1, 0.15) is 0 Å². The van der Waals surface area contributed by atoms with Crippen molar-refractivity contribution >= 4 is 87.0 Å². The number of halogens is 2. The monoisotopic (exact) mass is 828 g/mol. The number of rotatable bonds is 6. The van der Waals surface area contributed by atoms with Crippen molar-refractivity contribution in [3.8, 4) is 0 Å². The van der Waals surface area contributed by atoms with Crippen LogP contribution in [0.25, 0.3) is 32.3 Å². The smallest absolute Gasteiger partial charge is 0.0864 e. The summed E-state index contributed by atoms with van der Waals surface area (Å²) in [5.74, 6) is 0. The lowest BCUT2D eigenvalue weighted by atomic mass is 9.80. The Kier molecular flexibility index (Phi) is 9.40. The third-order valence-corrected chi connectivity index (χ3v) is 11.9. The molecule has 8 rings (SSSR count). The van der Waals surface area contributed by atoms with Crippen LogP contribution in [-0.4, -0.2) is 11.4 Å². The van der Waals surface area contributed by atoms with Gasteiger partial charge in [0.05, 0.1) is 31.7 Å². The maximum Gasteiger partial charge on any atom is 0.0864 e. The van der Waals surface area contributed by atoms with Crippen molar-refractivity contribution in [2.45, 2.75) is 52.4 Å². The Morgan fingerprint density at radius 2 is 0.648 bits per heavy atom. The number of hydrogen-bond acceptors (Lipinski definition) is 2. The Morgan fingerprint density at radius 3 is 0.926 bits per heavy atom. The fourth-order valence-electron chi connectivity index (χ4n) is 7.32. The summed E-state index contributed by atoms with van der Waals surface area (Å²) in [5, 5.41) is 6.84. The summed E-state index contributed by atoms with van der Waals surface area (Å²) in [6.45, 7) is 13.7. The van der Waals surface area contributed by atoms with Crippen molar-refractivity contribution in [1.29, 1.82) is 0 Å². The lowest BCUT2D eigenvalue weighted by Gasteiger charge is -2.26. The van der Waals surface area contributed by atoms with Crippen LogP contribution >= 0.6 is 31.9 Å². The predicted octanol–water partition coefficient (Wildman–Crippen LogP) is 15.0. The molecule has 0 amide bonds. The first-order chi connectivity index (χ1) is 25.9. The van der Waals surface area contributed by atoms with E-state index in [4.69, 9.17) is 9.98 Å². The van der Waals surface area contributed by atoms with E-state index >= 15 is 0 Å². The molecule has 0 saturated heterocycles. The summed E-state index contributed by atoms with van der Waals surface area (Å²) < 4.78 is 1.97. The zero-order valence-electron chi connectivity index (χ0n) is 31.5. The summed E-state index contributed by atoms with van der Waals surface area (Å²) in [6.07, 6.45) is 0. The lowest BCUT2D eigenvalue weighted by molar-refractivity contribution is 0.591. The van der Waals surface area contributed by atoms with Gasteiger partial charge in [-0.2, -0.15) is 0 Å². The van der Waals surface area contributed by atoms with Crippen molar-refractivity contribution in [2.24, 2.45) is 9.98 Å². The minimum atomic E-state index is -0.145. The second kappa shape index (κ2) is 14.1. The molecule has 0 aliphatic carbocycles. The van der Waals surface area contributed by atoms with Crippen LogP contribution in [0, 0.1) is 0 Å². The van der Waals surface area contributed by atoms with Gasteiger partial charge in [0, 0.05) is 38.4 Å². The third kappa shape index (κ3) is 6.61. The Hall–Kier alpha value is -4.90. The molecule has 0 aromatic heterocycles. The molecule has 0 spiro atoms. The van der Waals surface area contributed by atoms with E-state index < -0.39 is 0 Å². The van der Waals surface area contributed by atoms with Crippen molar-refractivity contribution < 1.29 is 0 Å². The molecule has 2 nitrogen and oxygen atoms in total. The Labute approximate surface area is 335 Å². The largest absolute Gasteiger partial charge is 0.246 e. The minimum absolute atomic E-state index is 0.103. The van der Waals surface area contributed by atoms with Crippen LogP contribution in [0.1, 0.15) is 74.9 Å². The quantitative estimate of drug-likeness (QED) is 0.118. The SMILES string of the molecule is CC(C)(C)c1cc2c(Br)c(N=C(c3ccccc3)c3ccccc3)c3cc(C(C)(C)C)cc4c(N=C(c5ccccc5)c5ccccc5)c(Br)c(c1)c2c34. The summed E-state index contributed by atoms with van der Waals surface area (Å²) in [5.41, 5.74) is 10.2. The maximum absolute atomic E-state index is 5.69. The van der Waals surface area contributed by atoms with E-state index in [0.29, 0.717) is 0 Å². The first-order valence-corrected chi connectivity index (χ1v) is 20.1. The first-order valence-electron chi connectivity index (χ1n) is 18.5. The summed E-state index contributed by atoms with van der Waals surface area (Å²) in [4.78, 5) is 11.4. The molecule has 0 saturated carbocycles. The molecule has 266 valence electrons. The highest BCUT2D eigenvalue weighted by atomic mass is 79.9. The van der Waals surface area contributed by atoms with Crippen molar-refractivity contribution in [2.75, 3.05) is 0 Å². The summed E-state index contributed by atoms with van der Waals surface area (Å²) in [6, 6.07) is 51.6. The van der Waals surface area contributed by atoms with Gasteiger partial charge in [0.15, 0.2) is 0 Å². The van der Waals surface area contributed by atoms with E-state index in [1.807, 2.05) is 0 Å². The molecule has 4 heteroatoms. The molecule has 0 heterocycles. The molecule has 0 radical (unpaired) electrons. The van der Waals surface area contributed by atoms with Gasteiger partial charge in [-0.3, -0.25) is 0 Å². The highest BCUT2D eigenvalue weighted by Crippen LogP contribution is 2.53. The van der Waals surface area contributed by atoms with Gasteiger partial charge >= 0.3 is 0 Å². The van der Waals surface area contributed by atoms with E-state index in [9.17, 15) is 0 Å². The zero-order chi connectivity index (χ0) is 37.8. The van der Waals surface area contributed by atoms with Gasteiger partial charge in [-0.25, -0.2) is 9.98 Å². The van der Waals surface area contributed by atoms with Gasteiger partial charge in [-0.05, 0) is 94.2 Å². The lowest BCUT2D eigenvalue weighted by Crippen LogP contribution is -2.12. The predicted molar refractivity (Wildman–Crippen MR) is 239 cm³/mol. The highest BCUT2D eigenvalue weighted by Gasteiger charge is 2.28. The third-order valence-electron chi connectivity index (χ3n) is 10.3. The average molecular weight is 831 g/mol. The van der Waals surface area contributed by atoms with Gasteiger partial charge in [0.2, 0.25) is 0 Å². The maximum atomic E-state index is 5.69. The van der Waals surface area contributed by atoms with Crippen LogP contribution in [0.2, 0.25) is 0 Å². The van der Waals surface area contributed by atoms with Gasteiger partial charge in [-0.15, -0.1) is 0 Å². The normalized spacial score (nSPS) is 12.1. The van der Waals surface area contributed by atoms with Gasteiger partial charge < -0.3 is 0 Å². The number of nitrogens with zero attached hydrogens (tertiary/aromatic N) is 2. The average Bonchev–Trinajstić information content (AvgIpc) is 3.17. The topological polar surface area (TPSA) is 24.7 Å². The molecule has 8 aromatic rings. The number of benzene rings is 8. The zero-order valence-corrected chi connectivity index (χ0v) is 34.7. The van der Waals surface area contributed by atoms with Crippen LogP contribution in [0.4, 0.5) is 11.4 Å². The fourth-order valence-corrected chi connectivity index (χ4v) is 8.55. The molecule has 0 bridgehead atoms. The Morgan fingerprint density at radius 1 is 0.389 bits per heavy atom. The Balaban J connectivity index is 1.60. The second-order valence-electron chi connectivity index (χ2n) is 16.1. The molecule has 8 aromatic carbocycles. The van der Waals surface area contributed by atoms with Crippen LogP contribution in [0.5, 0.6) is 0 Å². The van der Waals surface area contributed by atoms with E-state index in [1.165, 1.54) is 21.9 Å². The van der Waals surface area contributed by atoms with E-state index in [2.05, 4.69) is 219 Å². The Bertz CT molecular complexity index is 2450. The van der Waals surface area contributed by atoms with Crippen LogP contribution < -0.4 is 0 Å². The molecule has 0 aliphatic heterocycles. The molecule has 54 heavy (non-hydrogen) atoms. The van der Waals surface area contributed by atoms with Crippen LogP contribution in [0.15, 0.2) is 165 Å².